The zero-order valence-corrected chi connectivity index (χ0v) is 14.3. The van der Waals surface area contributed by atoms with E-state index in [-0.39, 0.29) is 5.57 Å². The van der Waals surface area contributed by atoms with E-state index in [1.165, 1.54) is 6.08 Å². The van der Waals surface area contributed by atoms with Gasteiger partial charge in [0, 0.05) is 23.7 Å². The van der Waals surface area contributed by atoms with Crippen LogP contribution in [0.4, 0.5) is 5.69 Å². The molecule has 6 nitrogen and oxygen atoms in total. The Bertz CT molecular complexity index is 922. The van der Waals surface area contributed by atoms with Crippen molar-refractivity contribution in [2.45, 2.75) is 19.3 Å². The lowest BCUT2D eigenvalue weighted by Crippen LogP contribution is -2.17. The molecule has 4 rings (SSSR count). The van der Waals surface area contributed by atoms with E-state index in [0.29, 0.717) is 48.0 Å². The molecular weight excluding hydrogens is 332 g/mol. The van der Waals surface area contributed by atoms with Gasteiger partial charge in [0.15, 0.2) is 11.5 Å². The predicted octanol–water partition coefficient (Wildman–Crippen LogP) is 3.72. The third-order valence-corrected chi connectivity index (χ3v) is 4.57. The van der Waals surface area contributed by atoms with Crippen molar-refractivity contribution in [2.75, 3.05) is 18.5 Å². The molecule has 1 fully saturated rings. The summed E-state index contributed by atoms with van der Waals surface area (Å²) in [5.74, 6) is 3.22. The molecule has 0 bridgehead atoms. The number of ether oxygens (including phenoxy) is 2. The maximum atomic E-state index is 12.4. The number of hydrogen-bond donors (Lipinski definition) is 1. The van der Waals surface area contributed by atoms with Gasteiger partial charge < -0.3 is 19.2 Å². The number of carbonyl (C=O) groups is 1. The van der Waals surface area contributed by atoms with Crippen LogP contribution in [0.3, 0.4) is 0 Å². The highest BCUT2D eigenvalue weighted by molar-refractivity contribution is 6.09. The number of nitrogens with zero attached hydrogens (tertiary/aromatic N) is 1. The average molecular weight is 350 g/mol. The number of nitriles is 1. The molecule has 2 heterocycles. The van der Waals surface area contributed by atoms with Gasteiger partial charge in [-0.2, -0.15) is 5.26 Å². The zero-order valence-electron chi connectivity index (χ0n) is 14.3. The molecule has 0 spiro atoms. The second kappa shape index (κ2) is 6.60. The largest absolute Gasteiger partial charge is 0.486 e. The second-order valence-corrected chi connectivity index (χ2v) is 6.54. The molecule has 2 atom stereocenters. The number of rotatable bonds is 4. The molecule has 1 N–H and O–H groups in total. The summed E-state index contributed by atoms with van der Waals surface area (Å²) in [5, 5.41) is 12.0. The topological polar surface area (TPSA) is 84.5 Å². The number of nitrogens with one attached hydrogen (secondary N) is 1. The highest BCUT2D eigenvalue weighted by Crippen LogP contribution is 2.47. The molecule has 1 aliphatic carbocycles. The molecule has 6 heteroatoms. The van der Waals surface area contributed by atoms with Crippen LogP contribution in [-0.2, 0) is 4.79 Å². The number of hydrogen-bond acceptors (Lipinski definition) is 5. The van der Waals surface area contributed by atoms with E-state index >= 15 is 0 Å². The number of furan rings is 1. The minimum atomic E-state index is -0.498. The van der Waals surface area contributed by atoms with E-state index in [1.807, 2.05) is 12.1 Å². The fraction of sp³-hybridized carbons (Fsp3) is 0.300. The van der Waals surface area contributed by atoms with Gasteiger partial charge in [-0.1, -0.05) is 6.92 Å². The lowest BCUT2D eigenvalue weighted by atomic mass is 10.2. The molecule has 26 heavy (non-hydrogen) atoms. The van der Waals surface area contributed by atoms with Crippen molar-refractivity contribution in [1.29, 1.82) is 5.26 Å². The Morgan fingerprint density at radius 1 is 1.23 bits per heavy atom. The monoisotopic (exact) mass is 350 g/mol. The number of carbonyl (C=O) groups excluding carboxylic acids is 1. The van der Waals surface area contributed by atoms with E-state index in [1.54, 1.807) is 24.3 Å². The van der Waals surface area contributed by atoms with E-state index in [4.69, 9.17) is 13.9 Å². The van der Waals surface area contributed by atoms with Crippen LogP contribution >= 0.6 is 0 Å². The van der Waals surface area contributed by atoms with Crippen LogP contribution in [0.2, 0.25) is 0 Å². The summed E-state index contributed by atoms with van der Waals surface area (Å²) in [6.07, 6.45) is 2.58. The molecule has 2 aromatic rings. The fourth-order valence-corrected chi connectivity index (χ4v) is 2.97. The maximum absolute atomic E-state index is 12.4. The molecule has 1 aromatic heterocycles. The minimum Gasteiger partial charge on any atom is -0.486 e. The van der Waals surface area contributed by atoms with E-state index in [0.717, 1.165) is 12.2 Å². The standard InChI is InChI=1S/C20H18N2O4/c1-12-8-16(12)17-5-3-15(26-17)9-13(11-21)20(23)22-14-2-4-18-19(10-14)25-7-6-24-18/h2-5,9-10,12,16H,6-8H2,1H3,(H,22,23)/b13-9+/t12-,16+/m0/s1. The Labute approximate surface area is 151 Å². The third-order valence-electron chi connectivity index (χ3n) is 4.57. The lowest BCUT2D eigenvalue weighted by molar-refractivity contribution is -0.112. The smallest absolute Gasteiger partial charge is 0.266 e. The summed E-state index contributed by atoms with van der Waals surface area (Å²) in [5.41, 5.74) is 0.511. The van der Waals surface area contributed by atoms with Crippen molar-refractivity contribution in [3.63, 3.8) is 0 Å². The van der Waals surface area contributed by atoms with Crippen molar-refractivity contribution < 1.29 is 18.7 Å². The van der Waals surface area contributed by atoms with Crippen molar-refractivity contribution in [3.05, 3.63) is 47.4 Å². The minimum absolute atomic E-state index is 0.0235. The van der Waals surface area contributed by atoms with Crippen LogP contribution in [-0.4, -0.2) is 19.1 Å². The van der Waals surface area contributed by atoms with Gasteiger partial charge in [-0.3, -0.25) is 4.79 Å². The SMILES string of the molecule is C[C@H]1C[C@H]1c1ccc(/C=C(\C#N)C(=O)Nc2ccc3c(c2)OCCO3)o1. The number of amides is 1. The van der Waals surface area contributed by atoms with Gasteiger partial charge in [0.1, 0.15) is 36.4 Å². The van der Waals surface area contributed by atoms with Gasteiger partial charge in [-0.05, 0) is 36.6 Å². The molecule has 132 valence electrons. The van der Waals surface area contributed by atoms with E-state index < -0.39 is 5.91 Å². The Hall–Kier alpha value is -3.20. The van der Waals surface area contributed by atoms with Gasteiger partial charge in [0.05, 0.1) is 0 Å². The molecule has 0 saturated heterocycles. The molecular formula is C20H18N2O4. The van der Waals surface area contributed by atoms with Crippen molar-refractivity contribution >= 4 is 17.7 Å². The van der Waals surface area contributed by atoms with E-state index in [9.17, 15) is 10.1 Å². The summed E-state index contributed by atoms with van der Waals surface area (Å²) in [6, 6.07) is 10.7. The summed E-state index contributed by atoms with van der Waals surface area (Å²) >= 11 is 0. The summed E-state index contributed by atoms with van der Waals surface area (Å²) in [7, 11) is 0. The highest BCUT2D eigenvalue weighted by Gasteiger charge is 2.36. The Morgan fingerprint density at radius 2 is 2.00 bits per heavy atom. The highest BCUT2D eigenvalue weighted by atomic mass is 16.6. The zero-order chi connectivity index (χ0) is 18.1. The van der Waals surface area contributed by atoms with Crippen molar-refractivity contribution in [2.24, 2.45) is 5.92 Å². The molecule has 1 aromatic carbocycles. The Balaban J connectivity index is 1.48. The Kier molecular flexibility index (Phi) is 4.13. The van der Waals surface area contributed by atoms with Crippen LogP contribution < -0.4 is 14.8 Å². The number of fused-ring (bicyclic) bond motifs is 1. The fourth-order valence-electron chi connectivity index (χ4n) is 2.97. The van der Waals surface area contributed by atoms with Crippen LogP contribution in [0.1, 0.15) is 30.8 Å². The van der Waals surface area contributed by atoms with Gasteiger partial charge in [0.2, 0.25) is 0 Å². The summed E-state index contributed by atoms with van der Waals surface area (Å²) < 4.78 is 16.7. The maximum Gasteiger partial charge on any atom is 0.266 e. The first-order valence-electron chi connectivity index (χ1n) is 8.56. The van der Waals surface area contributed by atoms with Crippen LogP contribution in [0, 0.1) is 17.2 Å². The van der Waals surface area contributed by atoms with E-state index in [2.05, 4.69) is 12.2 Å². The van der Waals surface area contributed by atoms with Crippen molar-refractivity contribution in [1.82, 2.24) is 0 Å². The molecule has 1 aliphatic heterocycles. The molecule has 2 aliphatic rings. The Morgan fingerprint density at radius 3 is 2.73 bits per heavy atom. The van der Waals surface area contributed by atoms with Gasteiger partial charge in [0.25, 0.3) is 5.91 Å². The van der Waals surface area contributed by atoms with Crippen molar-refractivity contribution in [3.8, 4) is 17.6 Å². The quantitative estimate of drug-likeness (QED) is 0.671. The normalized spacial score (nSPS) is 21.0. The molecule has 0 radical (unpaired) electrons. The van der Waals surface area contributed by atoms with Gasteiger partial charge in [-0.15, -0.1) is 0 Å². The molecule has 1 saturated carbocycles. The number of benzene rings is 1. The van der Waals surface area contributed by atoms with Crippen LogP contribution in [0.25, 0.3) is 6.08 Å². The first kappa shape index (κ1) is 16.3. The first-order chi connectivity index (χ1) is 12.6. The van der Waals surface area contributed by atoms with Crippen LogP contribution in [0.5, 0.6) is 11.5 Å². The second-order valence-electron chi connectivity index (χ2n) is 6.54. The van der Waals surface area contributed by atoms with Crippen LogP contribution in [0.15, 0.2) is 40.3 Å². The third kappa shape index (κ3) is 3.29. The summed E-state index contributed by atoms with van der Waals surface area (Å²) in [6.45, 7) is 3.14. The van der Waals surface area contributed by atoms with Gasteiger partial charge in [-0.25, -0.2) is 0 Å². The summed E-state index contributed by atoms with van der Waals surface area (Å²) in [4.78, 5) is 12.4. The first-order valence-corrected chi connectivity index (χ1v) is 8.56. The van der Waals surface area contributed by atoms with Gasteiger partial charge >= 0.3 is 0 Å². The number of anilines is 1. The molecule has 0 unspecified atom stereocenters. The predicted molar refractivity (Wildman–Crippen MR) is 94.9 cm³/mol. The average Bonchev–Trinajstić information content (AvgIpc) is 3.20. The lowest BCUT2D eigenvalue weighted by Gasteiger charge is -2.18. The molecule has 1 amide bonds.